The number of nitrogens with zero attached hydrogens (tertiary/aromatic N) is 1. The Morgan fingerprint density at radius 1 is 1.32 bits per heavy atom. The average molecular weight is 257 g/mol. The molecule has 0 aliphatic heterocycles. The zero-order valence-electron chi connectivity index (χ0n) is 11.1. The molecule has 3 nitrogen and oxygen atoms in total. The summed E-state index contributed by atoms with van der Waals surface area (Å²) >= 11 is 0. The average Bonchev–Trinajstić information content (AvgIpc) is 3.19. The molecule has 0 radical (unpaired) electrons. The summed E-state index contributed by atoms with van der Waals surface area (Å²) in [7, 11) is 1.69. The highest BCUT2D eigenvalue weighted by atomic mass is 16.5. The van der Waals surface area contributed by atoms with Crippen LogP contribution in [0.25, 0.3) is 0 Å². The van der Waals surface area contributed by atoms with Gasteiger partial charge in [0.2, 0.25) is 0 Å². The molecule has 1 aromatic heterocycles. The minimum atomic E-state index is -0.293. The van der Waals surface area contributed by atoms with E-state index in [0.29, 0.717) is 5.92 Å². The molecule has 0 bridgehead atoms. The van der Waals surface area contributed by atoms with Crippen molar-refractivity contribution in [1.29, 1.82) is 0 Å². The molecule has 1 N–H and O–H groups in total. The smallest absolute Gasteiger partial charge is 0.123 e. The standard InChI is InChI=1S/C16H19NO2/c1-19-15-5-3-2-4-13(15)10-17-9-8-14(11-17)16(18)12-6-7-12/h2-5,8-9,11-12,16,18H,6-7,10H2,1H3. The monoisotopic (exact) mass is 257 g/mol. The Morgan fingerprint density at radius 2 is 2.11 bits per heavy atom. The van der Waals surface area contributed by atoms with Crippen LogP contribution in [-0.2, 0) is 6.54 Å². The Bertz CT molecular complexity index is 557. The molecule has 1 aliphatic rings. The van der Waals surface area contributed by atoms with Gasteiger partial charge in [0.25, 0.3) is 0 Å². The van der Waals surface area contributed by atoms with Crippen LogP contribution in [0.5, 0.6) is 5.75 Å². The fourth-order valence-electron chi connectivity index (χ4n) is 2.45. The Kier molecular flexibility index (Phi) is 3.30. The lowest BCUT2D eigenvalue weighted by molar-refractivity contribution is 0.154. The van der Waals surface area contributed by atoms with E-state index in [4.69, 9.17) is 4.74 Å². The minimum absolute atomic E-state index is 0.293. The SMILES string of the molecule is COc1ccccc1Cn1ccc(C(O)C2CC2)c1. The number of ether oxygens (including phenoxy) is 1. The molecule has 19 heavy (non-hydrogen) atoms. The Balaban J connectivity index is 1.76. The lowest BCUT2D eigenvalue weighted by Gasteiger charge is -2.09. The fraction of sp³-hybridized carbons (Fsp3) is 0.375. The third-order valence-electron chi connectivity index (χ3n) is 3.73. The molecule has 2 aromatic rings. The minimum Gasteiger partial charge on any atom is -0.496 e. The molecule has 0 saturated heterocycles. The van der Waals surface area contributed by atoms with E-state index in [1.807, 2.05) is 36.7 Å². The summed E-state index contributed by atoms with van der Waals surface area (Å²) in [5.41, 5.74) is 2.17. The third-order valence-corrected chi connectivity index (χ3v) is 3.73. The molecule has 0 spiro atoms. The summed E-state index contributed by atoms with van der Waals surface area (Å²) < 4.78 is 7.45. The highest BCUT2D eigenvalue weighted by Crippen LogP contribution is 2.40. The van der Waals surface area contributed by atoms with Crippen molar-refractivity contribution in [2.45, 2.75) is 25.5 Å². The number of methoxy groups -OCH3 is 1. The Labute approximate surface area is 113 Å². The van der Waals surface area contributed by atoms with E-state index in [-0.39, 0.29) is 6.10 Å². The van der Waals surface area contributed by atoms with Crippen LogP contribution < -0.4 is 4.74 Å². The zero-order chi connectivity index (χ0) is 13.2. The number of aromatic nitrogens is 1. The molecular formula is C16H19NO2. The number of hydrogen-bond acceptors (Lipinski definition) is 2. The number of rotatable bonds is 5. The number of benzene rings is 1. The van der Waals surface area contributed by atoms with E-state index < -0.39 is 0 Å². The maximum atomic E-state index is 10.1. The van der Waals surface area contributed by atoms with Crippen LogP contribution >= 0.6 is 0 Å². The summed E-state index contributed by atoms with van der Waals surface area (Å²) in [6.45, 7) is 0.765. The molecule has 1 aliphatic carbocycles. The summed E-state index contributed by atoms with van der Waals surface area (Å²) in [4.78, 5) is 0. The predicted molar refractivity (Wildman–Crippen MR) is 74.2 cm³/mol. The van der Waals surface area contributed by atoms with Gasteiger partial charge in [0.05, 0.1) is 19.8 Å². The molecule has 0 amide bonds. The lowest BCUT2D eigenvalue weighted by Crippen LogP contribution is -2.01. The molecule has 3 heteroatoms. The fourth-order valence-corrected chi connectivity index (χ4v) is 2.45. The molecule has 100 valence electrons. The first-order chi connectivity index (χ1) is 9.28. The largest absolute Gasteiger partial charge is 0.496 e. The van der Waals surface area contributed by atoms with E-state index in [1.165, 1.54) is 0 Å². The Hall–Kier alpha value is -1.74. The van der Waals surface area contributed by atoms with Crippen LogP contribution in [-0.4, -0.2) is 16.8 Å². The van der Waals surface area contributed by atoms with Gasteiger partial charge in [0.15, 0.2) is 0 Å². The van der Waals surface area contributed by atoms with Crippen LogP contribution in [0.2, 0.25) is 0 Å². The third kappa shape index (κ3) is 2.66. The Morgan fingerprint density at radius 3 is 2.84 bits per heavy atom. The first-order valence-electron chi connectivity index (χ1n) is 6.73. The summed E-state index contributed by atoms with van der Waals surface area (Å²) in [5, 5.41) is 10.1. The van der Waals surface area contributed by atoms with Crippen molar-refractivity contribution in [2.75, 3.05) is 7.11 Å². The van der Waals surface area contributed by atoms with Crippen molar-refractivity contribution < 1.29 is 9.84 Å². The van der Waals surface area contributed by atoms with E-state index in [9.17, 15) is 5.11 Å². The van der Waals surface area contributed by atoms with Crippen LogP contribution in [0.15, 0.2) is 42.7 Å². The van der Waals surface area contributed by atoms with E-state index in [0.717, 1.165) is 36.3 Å². The molecule has 1 atom stereocenters. The van der Waals surface area contributed by atoms with Gasteiger partial charge in [0, 0.05) is 18.0 Å². The number of aliphatic hydroxyl groups is 1. The predicted octanol–water partition coefficient (Wildman–Crippen LogP) is 2.99. The normalized spacial score (nSPS) is 16.3. The van der Waals surface area contributed by atoms with E-state index in [2.05, 4.69) is 10.6 Å². The highest BCUT2D eigenvalue weighted by molar-refractivity contribution is 5.33. The summed E-state index contributed by atoms with van der Waals surface area (Å²) in [5.74, 6) is 1.38. The van der Waals surface area contributed by atoms with Gasteiger partial charge < -0.3 is 14.4 Å². The van der Waals surface area contributed by atoms with Crippen molar-refractivity contribution in [3.8, 4) is 5.75 Å². The molecule has 1 saturated carbocycles. The summed E-state index contributed by atoms with van der Waals surface area (Å²) in [6.07, 6.45) is 6.07. The van der Waals surface area contributed by atoms with Gasteiger partial charge in [-0.2, -0.15) is 0 Å². The van der Waals surface area contributed by atoms with Crippen molar-refractivity contribution in [2.24, 2.45) is 5.92 Å². The van der Waals surface area contributed by atoms with Crippen LogP contribution in [0, 0.1) is 5.92 Å². The zero-order valence-corrected chi connectivity index (χ0v) is 11.1. The quantitative estimate of drug-likeness (QED) is 0.893. The van der Waals surface area contributed by atoms with Crippen LogP contribution in [0.4, 0.5) is 0 Å². The second-order valence-electron chi connectivity index (χ2n) is 5.21. The first-order valence-corrected chi connectivity index (χ1v) is 6.73. The molecule has 1 unspecified atom stereocenters. The second-order valence-corrected chi connectivity index (χ2v) is 5.21. The first kappa shape index (κ1) is 12.3. The highest BCUT2D eigenvalue weighted by Gasteiger charge is 2.31. The van der Waals surface area contributed by atoms with E-state index >= 15 is 0 Å². The maximum absolute atomic E-state index is 10.1. The van der Waals surface area contributed by atoms with E-state index in [1.54, 1.807) is 7.11 Å². The number of para-hydroxylation sites is 1. The molecule has 3 rings (SSSR count). The van der Waals surface area contributed by atoms with Crippen molar-refractivity contribution >= 4 is 0 Å². The van der Waals surface area contributed by atoms with Crippen molar-refractivity contribution in [1.82, 2.24) is 4.57 Å². The van der Waals surface area contributed by atoms with Crippen LogP contribution in [0.3, 0.4) is 0 Å². The molecule has 1 heterocycles. The van der Waals surface area contributed by atoms with Gasteiger partial charge in [-0.3, -0.25) is 0 Å². The van der Waals surface area contributed by atoms with Crippen molar-refractivity contribution in [3.63, 3.8) is 0 Å². The van der Waals surface area contributed by atoms with Gasteiger partial charge in [-0.15, -0.1) is 0 Å². The summed E-state index contributed by atoms with van der Waals surface area (Å²) in [6, 6.07) is 10.0. The van der Waals surface area contributed by atoms with Gasteiger partial charge in [0.1, 0.15) is 5.75 Å². The number of hydrogen-bond donors (Lipinski definition) is 1. The topological polar surface area (TPSA) is 34.4 Å². The number of aliphatic hydroxyl groups excluding tert-OH is 1. The van der Waals surface area contributed by atoms with Crippen molar-refractivity contribution in [3.05, 3.63) is 53.9 Å². The lowest BCUT2D eigenvalue weighted by atomic mass is 10.1. The maximum Gasteiger partial charge on any atom is 0.123 e. The van der Waals surface area contributed by atoms with Gasteiger partial charge in [-0.05, 0) is 36.5 Å². The van der Waals surface area contributed by atoms with Gasteiger partial charge in [-0.25, -0.2) is 0 Å². The molecule has 1 aromatic carbocycles. The van der Waals surface area contributed by atoms with Gasteiger partial charge in [-0.1, -0.05) is 18.2 Å². The molecular weight excluding hydrogens is 238 g/mol. The molecule has 1 fully saturated rings. The second kappa shape index (κ2) is 5.10. The van der Waals surface area contributed by atoms with Gasteiger partial charge >= 0.3 is 0 Å². The van der Waals surface area contributed by atoms with Crippen LogP contribution in [0.1, 0.15) is 30.1 Å².